The third kappa shape index (κ3) is 3.99. The van der Waals surface area contributed by atoms with Crippen LogP contribution in [0.1, 0.15) is 13.8 Å². The molecule has 0 aliphatic rings. The van der Waals surface area contributed by atoms with Crippen molar-refractivity contribution in [2.24, 2.45) is 5.73 Å². The summed E-state index contributed by atoms with van der Waals surface area (Å²) in [6.45, 7) is 3.67. The number of methoxy groups -OCH3 is 2. The van der Waals surface area contributed by atoms with Crippen LogP contribution < -0.4 is 19.9 Å². The molecule has 0 bridgehead atoms. The molecule has 0 atom stereocenters. The van der Waals surface area contributed by atoms with Gasteiger partial charge in [0.05, 0.1) is 25.2 Å². The maximum atomic E-state index is 11.0. The molecule has 0 saturated carbocycles. The summed E-state index contributed by atoms with van der Waals surface area (Å²) in [6, 6.07) is 2.68. The second kappa shape index (κ2) is 5.75. The van der Waals surface area contributed by atoms with Crippen molar-refractivity contribution in [1.29, 1.82) is 0 Å². The number of nitrogens with zero attached hydrogens (tertiary/aromatic N) is 1. The Hall–Kier alpha value is -2.02. The third-order valence-corrected chi connectivity index (χ3v) is 2.26. The van der Waals surface area contributed by atoms with E-state index in [2.05, 4.69) is 0 Å². The summed E-state index contributed by atoms with van der Waals surface area (Å²) in [5.74, 6) is 0.729. The van der Waals surface area contributed by atoms with E-state index < -0.39 is 10.5 Å². The quantitative estimate of drug-likeness (QED) is 0.624. The first-order chi connectivity index (χ1) is 8.78. The van der Waals surface area contributed by atoms with Gasteiger partial charge >= 0.3 is 5.69 Å². The van der Waals surface area contributed by atoms with Gasteiger partial charge in [0.2, 0.25) is 5.75 Å². The molecule has 0 aliphatic heterocycles. The zero-order valence-electron chi connectivity index (χ0n) is 11.4. The van der Waals surface area contributed by atoms with E-state index in [1.165, 1.54) is 26.4 Å². The Morgan fingerprint density at radius 2 is 1.74 bits per heavy atom. The average Bonchev–Trinajstić information content (AvgIpc) is 2.33. The fourth-order valence-corrected chi connectivity index (χ4v) is 1.37. The molecule has 0 saturated heterocycles. The highest BCUT2D eigenvalue weighted by molar-refractivity contribution is 5.58. The van der Waals surface area contributed by atoms with Crippen molar-refractivity contribution in [3.63, 3.8) is 0 Å². The number of rotatable bonds is 6. The largest absolute Gasteiger partial charge is 0.493 e. The molecule has 1 aromatic carbocycles. The molecule has 2 N–H and O–H groups in total. The molecule has 0 spiro atoms. The second-order valence-electron chi connectivity index (χ2n) is 4.71. The summed E-state index contributed by atoms with van der Waals surface area (Å²) < 4.78 is 15.5. The van der Waals surface area contributed by atoms with Gasteiger partial charge in [0.25, 0.3) is 0 Å². The summed E-state index contributed by atoms with van der Waals surface area (Å²) in [5.41, 5.74) is 5.00. The van der Waals surface area contributed by atoms with Crippen LogP contribution in [-0.2, 0) is 0 Å². The van der Waals surface area contributed by atoms with Gasteiger partial charge in [-0.05, 0) is 13.8 Å². The molecule has 0 radical (unpaired) electrons. The van der Waals surface area contributed by atoms with Crippen molar-refractivity contribution in [2.45, 2.75) is 19.4 Å². The Kier molecular flexibility index (Phi) is 4.55. The normalized spacial score (nSPS) is 11.0. The van der Waals surface area contributed by atoms with Crippen molar-refractivity contribution < 1.29 is 19.1 Å². The predicted octanol–water partition coefficient (Wildman–Crippen LogP) is 1.73. The highest BCUT2D eigenvalue weighted by Gasteiger charge is 2.22. The van der Waals surface area contributed by atoms with Crippen LogP contribution in [-0.4, -0.2) is 31.3 Å². The van der Waals surface area contributed by atoms with E-state index in [0.29, 0.717) is 5.75 Å². The molecule has 0 unspecified atom stereocenters. The Balaban J connectivity index is 3.16. The molecule has 0 aromatic heterocycles. The molecule has 1 aromatic rings. The van der Waals surface area contributed by atoms with Crippen LogP contribution in [0.4, 0.5) is 5.69 Å². The summed E-state index contributed by atoms with van der Waals surface area (Å²) in [7, 11) is 2.85. The summed E-state index contributed by atoms with van der Waals surface area (Å²) in [5, 5.41) is 11.0. The van der Waals surface area contributed by atoms with E-state index in [1.54, 1.807) is 13.8 Å². The lowest BCUT2D eigenvalue weighted by atomic mass is 10.1. The molecular weight excluding hydrogens is 252 g/mol. The smallest absolute Gasteiger partial charge is 0.314 e. The summed E-state index contributed by atoms with van der Waals surface area (Å²) in [6.07, 6.45) is 0. The molecule has 0 aliphatic carbocycles. The van der Waals surface area contributed by atoms with Crippen molar-refractivity contribution in [1.82, 2.24) is 0 Å². The zero-order valence-corrected chi connectivity index (χ0v) is 11.4. The van der Waals surface area contributed by atoms with Crippen molar-refractivity contribution in [3.8, 4) is 17.2 Å². The predicted molar refractivity (Wildman–Crippen MR) is 70.0 cm³/mol. The van der Waals surface area contributed by atoms with Crippen molar-refractivity contribution in [2.75, 3.05) is 20.8 Å². The first kappa shape index (κ1) is 15.0. The monoisotopic (exact) mass is 270 g/mol. The summed E-state index contributed by atoms with van der Waals surface area (Å²) in [4.78, 5) is 10.5. The molecule has 19 heavy (non-hydrogen) atoms. The van der Waals surface area contributed by atoms with Gasteiger partial charge in [0.1, 0.15) is 6.61 Å². The Labute approximate surface area is 111 Å². The fourth-order valence-electron chi connectivity index (χ4n) is 1.37. The van der Waals surface area contributed by atoms with Crippen LogP contribution >= 0.6 is 0 Å². The molecule has 0 fully saturated rings. The van der Waals surface area contributed by atoms with E-state index in [1.807, 2.05) is 0 Å². The number of ether oxygens (including phenoxy) is 3. The Bertz CT molecular complexity index is 468. The van der Waals surface area contributed by atoms with Gasteiger partial charge in [0.15, 0.2) is 11.5 Å². The highest BCUT2D eigenvalue weighted by Crippen LogP contribution is 2.39. The lowest BCUT2D eigenvalue weighted by molar-refractivity contribution is -0.386. The SMILES string of the molecule is COc1cc(OCC(C)(C)N)c([N+](=O)[O-])cc1OC. The van der Waals surface area contributed by atoms with Gasteiger partial charge in [-0.2, -0.15) is 0 Å². The number of nitro benzene ring substituents is 1. The molecule has 106 valence electrons. The van der Waals surface area contributed by atoms with Crippen molar-refractivity contribution >= 4 is 5.69 Å². The Morgan fingerprint density at radius 1 is 1.21 bits per heavy atom. The van der Waals surface area contributed by atoms with E-state index in [-0.39, 0.29) is 23.8 Å². The lowest BCUT2D eigenvalue weighted by Gasteiger charge is -2.19. The maximum absolute atomic E-state index is 11.0. The van der Waals surface area contributed by atoms with E-state index >= 15 is 0 Å². The van der Waals surface area contributed by atoms with Crippen LogP contribution in [0.2, 0.25) is 0 Å². The Morgan fingerprint density at radius 3 is 2.16 bits per heavy atom. The van der Waals surface area contributed by atoms with Crippen LogP contribution in [0, 0.1) is 10.1 Å². The standard InChI is InChI=1S/C12H18N2O5/c1-12(2,13)7-19-9-6-11(18-4)10(17-3)5-8(9)14(15)16/h5-6H,7,13H2,1-4H3. The van der Waals surface area contributed by atoms with Gasteiger partial charge < -0.3 is 19.9 Å². The minimum atomic E-state index is -0.596. The molecule has 1 rings (SSSR count). The number of hydrogen-bond acceptors (Lipinski definition) is 6. The second-order valence-corrected chi connectivity index (χ2v) is 4.71. The van der Waals surface area contributed by atoms with Crippen LogP contribution in [0.3, 0.4) is 0 Å². The molecule has 0 heterocycles. The average molecular weight is 270 g/mol. The van der Waals surface area contributed by atoms with Crippen molar-refractivity contribution in [3.05, 3.63) is 22.2 Å². The lowest BCUT2D eigenvalue weighted by Crippen LogP contribution is -2.38. The molecular formula is C12H18N2O5. The van der Waals surface area contributed by atoms with Gasteiger partial charge in [0, 0.05) is 11.6 Å². The minimum Gasteiger partial charge on any atom is -0.493 e. The van der Waals surface area contributed by atoms with Crippen LogP contribution in [0.5, 0.6) is 17.2 Å². The summed E-state index contributed by atoms with van der Waals surface area (Å²) >= 11 is 0. The zero-order chi connectivity index (χ0) is 14.6. The van der Waals surface area contributed by atoms with E-state index in [9.17, 15) is 10.1 Å². The highest BCUT2D eigenvalue weighted by atomic mass is 16.6. The minimum absolute atomic E-state index is 0.0983. The maximum Gasteiger partial charge on any atom is 0.314 e. The first-order valence-corrected chi connectivity index (χ1v) is 5.60. The first-order valence-electron chi connectivity index (χ1n) is 5.60. The third-order valence-electron chi connectivity index (χ3n) is 2.26. The number of nitrogens with two attached hydrogens (primary N) is 1. The van der Waals surface area contributed by atoms with Gasteiger partial charge in [-0.25, -0.2) is 0 Å². The molecule has 7 nitrogen and oxygen atoms in total. The van der Waals surface area contributed by atoms with Crippen LogP contribution in [0.25, 0.3) is 0 Å². The topological polar surface area (TPSA) is 96.9 Å². The van der Waals surface area contributed by atoms with Gasteiger partial charge in [-0.3, -0.25) is 10.1 Å². The number of hydrogen-bond donors (Lipinski definition) is 1. The van der Waals surface area contributed by atoms with Gasteiger partial charge in [-0.1, -0.05) is 0 Å². The number of benzene rings is 1. The molecule has 7 heteroatoms. The van der Waals surface area contributed by atoms with Crippen LogP contribution in [0.15, 0.2) is 12.1 Å². The molecule has 0 amide bonds. The fraction of sp³-hybridized carbons (Fsp3) is 0.500. The van der Waals surface area contributed by atoms with Gasteiger partial charge in [-0.15, -0.1) is 0 Å². The van der Waals surface area contributed by atoms with E-state index in [4.69, 9.17) is 19.9 Å². The number of nitro groups is 1. The van der Waals surface area contributed by atoms with E-state index in [0.717, 1.165) is 0 Å².